The van der Waals surface area contributed by atoms with Crippen molar-refractivity contribution >= 4 is 72.6 Å². The van der Waals surface area contributed by atoms with Gasteiger partial charge in [-0.1, -0.05) is 48.5 Å². The lowest BCUT2D eigenvalue weighted by molar-refractivity contribution is -0.138. The van der Waals surface area contributed by atoms with Gasteiger partial charge in [-0.05, 0) is 66.4 Å². The van der Waals surface area contributed by atoms with E-state index in [0.29, 0.717) is 28.7 Å². The number of anilines is 2. The number of para-hydroxylation sites is 1. The molecule has 0 bridgehead atoms. The fraction of sp³-hybridized carbons (Fsp3) is 0.179. The zero-order valence-corrected chi connectivity index (χ0v) is 22.2. The number of nitrogens with zero attached hydrogens (tertiary/aromatic N) is 2. The summed E-state index contributed by atoms with van der Waals surface area (Å²) in [7, 11) is 0. The number of rotatable bonds is 11. The third kappa shape index (κ3) is 5.66. The highest BCUT2D eigenvalue weighted by Crippen LogP contribution is 2.33. The van der Waals surface area contributed by atoms with Crippen LogP contribution in [-0.4, -0.2) is 41.2 Å². The van der Waals surface area contributed by atoms with E-state index in [1.807, 2.05) is 48.5 Å². The van der Waals surface area contributed by atoms with Gasteiger partial charge in [0.05, 0.1) is 5.69 Å². The van der Waals surface area contributed by atoms with Crippen molar-refractivity contribution in [1.29, 1.82) is 0 Å². The maximum Gasteiger partial charge on any atom is 0.327 e. The monoisotopic (exact) mass is 564 g/mol. The number of furan rings is 1. The lowest BCUT2D eigenvalue weighted by Gasteiger charge is -2.32. The molecule has 1 aromatic heterocycles. The largest absolute Gasteiger partial charge is 0.755 e. The topological polar surface area (TPSA) is 137 Å². The predicted molar refractivity (Wildman–Crippen MR) is 151 cm³/mol. The van der Waals surface area contributed by atoms with Crippen molar-refractivity contribution < 1.29 is 31.8 Å². The van der Waals surface area contributed by atoms with Crippen LogP contribution in [0.1, 0.15) is 19.3 Å². The molecule has 1 N–H and O–H groups in total. The number of hydrogen-bond acceptors (Lipinski definition) is 6. The zero-order chi connectivity index (χ0) is 27.5. The number of carbonyl (C=O) groups is 1. The Morgan fingerprint density at radius 2 is 1.49 bits per heavy atom. The molecule has 0 amide bonds. The Kier molecular flexibility index (Phi) is 7.94. The maximum atomic E-state index is 12.3. The van der Waals surface area contributed by atoms with E-state index in [1.54, 1.807) is 30.3 Å². The van der Waals surface area contributed by atoms with Crippen molar-refractivity contribution in [3.05, 3.63) is 84.9 Å². The van der Waals surface area contributed by atoms with Gasteiger partial charge in [0.2, 0.25) is 0 Å². The van der Waals surface area contributed by atoms with Crippen LogP contribution in [0.4, 0.5) is 11.4 Å². The van der Waals surface area contributed by atoms with Gasteiger partial charge in [-0.25, -0.2) is 4.79 Å². The molecule has 5 rings (SSSR count). The van der Waals surface area contributed by atoms with Crippen molar-refractivity contribution in [3.63, 3.8) is 0 Å². The van der Waals surface area contributed by atoms with Gasteiger partial charge < -0.3 is 22.9 Å². The molecule has 3 atom stereocenters. The van der Waals surface area contributed by atoms with Crippen LogP contribution >= 0.6 is 0 Å². The molecule has 202 valence electrons. The van der Waals surface area contributed by atoms with Gasteiger partial charge in [0, 0.05) is 45.5 Å². The molecule has 0 fully saturated rings. The van der Waals surface area contributed by atoms with Gasteiger partial charge in [0.25, 0.3) is 0 Å². The molecule has 1 heterocycles. The number of unbranched alkanes of at least 4 members (excludes halogenated alkanes) is 1. The zero-order valence-electron chi connectivity index (χ0n) is 20.6. The minimum absolute atomic E-state index is 0.00939. The molecule has 0 spiro atoms. The first kappa shape index (κ1) is 26.8. The van der Waals surface area contributed by atoms with Crippen LogP contribution in [-0.2, 0) is 27.3 Å². The molecule has 9 nitrogen and oxygen atoms in total. The van der Waals surface area contributed by atoms with Crippen LogP contribution in [0.25, 0.3) is 32.7 Å². The van der Waals surface area contributed by atoms with E-state index in [4.69, 9.17) is 4.42 Å². The number of benzene rings is 4. The average molecular weight is 565 g/mol. The minimum Gasteiger partial charge on any atom is -0.755 e. The van der Waals surface area contributed by atoms with Gasteiger partial charge in [0.1, 0.15) is 17.2 Å². The van der Waals surface area contributed by atoms with E-state index in [0.717, 1.165) is 20.5 Å². The van der Waals surface area contributed by atoms with Gasteiger partial charge in [-0.15, -0.1) is 0 Å². The first-order valence-corrected chi connectivity index (χ1v) is 14.3. The summed E-state index contributed by atoms with van der Waals surface area (Å²) in [5.74, 6) is -1.30. The van der Waals surface area contributed by atoms with Gasteiger partial charge >= 0.3 is 5.97 Å². The molecule has 0 aliphatic carbocycles. The summed E-state index contributed by atoms with van der Waals surface area (Å²) in [6, 6.07) is 23.6. The highest BCUT2D eigenvalue weighted by Gasteiger charge is 2.27. The van der Waals surface area contributed by atoms with E-state index >= 15 is 0 Å². The number of carboxylic acid groups (broad SMARTS) is 1. The molecular formula is C28H24N2O7S2-2. The summed E-state index contributed by atoms with van der Waals surface area (Å²) in [4.78, 5) is 12.2. The lowest BCUT2D eigenvalue weighted by Crippen LogP contribution is -2.42. The quantitative estimate of drug-likeness (QED) is 0.171. The maximum absolute atomic E-state index is 12.3. The van der Waals surface area contributed by atoms with Crippen LogP contribution in [0.5, 0.6) is 0 Å². The Hall–Kier alpha value is -3.77. The molecule has 0 aliphatic heterocycles. The Balaban J connectivity index is 1.32. The normalized spacial score (nSPS) is 13.9. The second kappa shape index (κ2) is 11.5. The fourth-order valence-corrected chi connectivity index (χ4v) is 6.03. The van der Waals surface area contributed by atoms with Crippen LogP contribution in [0.15, 0.2) is 89.3 Å². The second-order valence-corrected chi connectivity index (χ2v) is 10.7. The fourth-order valence-electron chi connectivity index (χ4n) is 4.78. The van der Waals surface area contributed by atoms with Crippen molar-refractivity contribution in [3.8, 4) is 0 Å². The summed E-state index contributed by atoms with van der Waals surface area (Å²) >= 11 is -5.41. The van der Waals surface area contributed by atoms with Crippen LogP contribution in [0.2, 0.25) is 0 Å². The van der Waals surface area contributed by atoms with E-state index in [2.05, 4.69) is 0 Å². The molecule has 0 saturated heterocycles. The van der Waals surface area contributed by atoms with E-state index < -0.39 is 34.5 Å². The van der Waals surface area contributed by atoms with Gasteiger partial charge in [0.15, 0.2) is 0 Å². The number of hydrogen-bond donors (Lipinski definition) is 1. The third-order valence-electron chi connectivity index (χ3n) is 6.63. The molecule has 39 heavy (non-hydrogen) atoms. The Labute approximate surface area is 229 Å². The molecule has 0 saturated carbocycles. The Morgan fingerprint density at radius 3 is 2.23 bits per heavy atom. The minimum atomic E-state index is -2.87. The molecule has 4 aromatic carbocycles. The summed E-state index contributed by atoms with van der Waals surface area (Å²) in [6.07, 6.45) is 0.600. The second-order valence-electron chi connectivity index (χ2n) is 9.02. The molecule has 11 heteroatoms. The predicted octanol–water partition coefficient (Wildman–Crippen LogP) is 5.26. The van der Waals surface area contributed by atoms with Crippen molar-refractivity contribution in [2.45, 2.75) is 25.3 Å². The third-order valence-corrected chi connectivity index (χ3v) is 8.17. The van der Waals surface area contributed by atoms with Gasteiger partial charge in [-0.3, -0.25) is 12.7 Å². The standard InChI is InChI=1S/C28H26N2O7S2/c31-28(32)25(10-5-6-16-29(38(33)34)21-13-12-19-7-1-2-8-20(19)17-21)30(39(35)36)22-14-15-27-24(18-22)23-9-3-4-11-26(23)37-27/h1-4,7-9,11-15,17-18,25H,5-6,10,16H2,(H,31,32)(H,33,34)(H,35,36)/p-2. The molecule has 5 aromatic rings. The summed E-state index contributed by atoms with van der Waals surface area (Å²) in [6.45, 7) is 0.119. The first-order chi connectivity index (χ1) is 18.8. The lowest BCUT2D eigenvalue weighted by atomic mass is 10.1. The number of carboxylic acids is 1. The molecule has 0 radical (unpaired) electrons. The highest BCUT2D eigenvalue weighted by atomic mass is 32.2. The Bertz CT molecular complexity index is 1700. The van der Waals surface area contributed by atoms with E-state index in [9.17, 15) is 27.4 Å². The van der Waals surface area contributed by atoms with E-state index in [1.165, 1.54) is 10.4 Å². The van der Waals surface area contributed by atoms with Crippen molar-refractivity contribution in [2.24, 2.45) is 0 Å². The first-order valence-electron chi connectivity index (χ1n) is 12.2. The molecule has 3 unspecified atom stereocenters. The summed E-state index contributed by atoms with van der Waals surface area (Å²) < 4.78 is 56.3. The van der Waals surface area contributed by atoms with Crippen LogP contribution in [0.3, 0.4) is 0 Å². The number of aliphatic carboxylic acids is 1. The molecule has 0 aliphatic rings. The van der Waals surface area contributed by atoms with Gasteiger partial charge in [-0.2, -0.15) is 0 Å². The summed E-state index contributed by atoms with van der Waals surface area (Å²) in [5, 5.41) is 13.3. The Morgan fingerprint density at radius 1 is 0.795 bits per heavy atom. The number of fused-ring (bicyclic) bond motifs is 4. The van der Waals surface area contributed by atoms with Crippen LogP contribution in [0, 0.1) is 0 Å². The van der Waals surface area contributed by atoms with E-state index in [-0.39, 0.29) is 25.1 Å². The van der Waals surface area contributed by atoms with Crippen molar-refractivity contribution in [1.82, 2.24) is 0 Å². The molecular weight excluding hydrogens is 540 g/mol. The van der Waals surface area contributed by atoms with Crippen LogP contribution < -0.4 is 8.61 Å². The van der Waals surface area contributed by atoms with Crippen molar-refractivity contribution in [2.75, 3.05) is 15.2 Å². The highest BCUT2D eigenvalue weighted by molar-refractivity contribution is 7.81. The average Bonchev–Trinajstić information content (AvgIpc) is 3.29. The smallest absolute Gasteiger partial charge is 0.327 e. The SMILES string of the molecule is O=C(O)C(CCCCN(c1ccc2ccccc2c1)S(=O)[O-])N(c1ccc2oc3ccccc3c2c1)S(=O)[O-]. The summed E-state index contributed by atoms with van der Waals surface area (Å²) in [5.41, 5.74) is 1.90.